The van der Waals surface area contributed by atoms with Crippen LogP contribution in [0.5, 0.6) is 5.75 Å². The lowest BCUT2D eigenvalue weighted by atomic mass is 10.1. The van der Waals surface area contributed by atoms with Crippen LogP contribution in [0.4, 0.5) is 11.8 Å². The Labute approximate surface area is 156 Å². The summed E-state index contributed by atoms with van der Waals surface area (Å²) in [5.41, 5.74) is 3.49. The number of rotatable bonds is 5. The standard InChI is InChI=1S/C18H21N7O2/c1-12-3-4-14(26-2)13(9-12)10-21-24-18-22-16-15(19-11-20-16)17(23-18)25-5-7-27-8-6-25/h3-4,9,11H,5-8,10H2,1-2H3,(H,19,20,22,23). The summed E-state index contributed by atoms with van der Waals surface area (Å²) in [6, 6.07) is 5.97. The van der Waals surface area contributed by atoms with E-state index in [9.17, 15) is 0 Å². The Kier molecular flexibility index (Phi) is 4.93. The van der Waals surface area contributed by atoms with E-state index in [1.807, 2.05) is 25.1 Å². The molecule has 0 aliphatic carbocycles. The van der Waals surface area contributed by atoms with Gasteiger partial charge in [0, 0.05) is 18.7 Å². The number of morpholine rings is 1. The number of nitrogens with zero attached hydrogens (tertiary/aromatic N) is 6. The van der Waals surface area contributed by atoms with Gasteiger partial charge in [0.25, 0.3) is 5.95 Å². The number of nitrogens with one attached hydrogen (secondary N) is 1. The molecule has 1 fully saturated rings. The van der Waals surface area contributed by atoms with Crippen molar-refractivity contribution in [3.63, 3.8) is 0 Å². The monoisotopic (exact) mass is 367 g/mol. The number of anilines is 1. The molecule has 9 heteroatoms. The highest BCUT2D eigenvalue weighted by Gasteiger charge is 2.18. The molecule has 1 saturated heterocycles. The van der Waals surface area contributed by atoms with Gasteiger partial charge in [-0.15, -0.1) is 5.11 Å². The number of hydrogen-bond acceptors (Lipinski definition) is 8. The molecule has 27 heavy (non-hydrogen) atoms. The minimum absolute atomic E-state index is 0.294. The molecule has 0 unspecified atom stereocenters. The number of ether oxygens (including phenoxy) is 2. The van der Waals surface area contributed by atoms with Crippen molar-refractivity contribution in [2.45, 2.75) is 13.5 Å². The van der Waals surface area contributed by atoms with Gasteiger partial charge in [0.1, 0.15) is 11.3 Å². The first-order valence-corrected chi connectivity index (χ1v) is 8.79. The minimum atomic E-state index is 0.294. The fourth-order valence-electron chi connectivity index (χ4n) is 3.06. The van der Waals surface area contributed by atoms with Crippen molar-refractivity contribution in [1.82, 2.24) is 19.9 Å². The van der Waals surface area contributed by atoms with E-state index < -0.39 is 0 Å². The van der Waals surface area contributed by atoms with Gasteiger partial charge >= 0.3 is 0 Å². The first kappa shape index (κ1) is 17.3. The summed E-state index contributed by atoms with van der Waals surface area (Å²) in [4.78, 5) is 18.5. The fourth-order valence-corrected chi connectivity index (χ4v) is 3.06. The molecule has 1 aliphatic heterocycles. The van der Waals surface area contributed by atoms with E-state index in [0.717, 1.165) is 41.3 Å². The largest absolute Gasteiger partial charge is 0.496 e. The molecule has 1 N–H and O–H groups in total. The third-order valence-electron chi connectivity index (χ3n) is 4.40. The van der Waals surface area contributed by atoms with Gasteiger partial charge in [-0.3, -0.25) is 0 Å². The lowest BCUT2D eigenvalue weighted by Gasteiger charge is -2.27. The van der Waals surface area contributed by atoms with Crippen LogP contribution in [-0.2, 0) is 11.3 Å². The maximum Gasteiger partial charge on any atom is 0.272 e. The van der Waals surface area contributed by atoms with Crippen LogP contribution in [0, 0.1) is 6.92 Å². The van der Waals surface area contributed by atoms with Crippen molar-refractivity contribution in [3.8, 4) is 5.75 Å². The van der Waals surface area contributed by atoms with Crippen molar-refractivity contribution in [2.75, 3.05) is 38.3 Å². The lowest BCUT2D eigenvalue weighted by Crippen LogP contribution is -2.37. The molecule has 4 rings (SSSR count). The quantitative estimate of drug-likeness (QED) is 0.696. The van der Waals surface area contributed by atoms with Gasteiger partial charge in [0.15, 0.2) is 11.5 Å². The van der Waals surface area contributed by atoms with Crippen molar-refractivity contribution in [3.05, 3.63) is 35.7 Å². The predicted molar refractivity (Wildman–Crippen MR) is 101 cm³/mol. The molecule has 1 aliphatic rings. The number of aryl methyl sites for hydroxylation is 1. The number of H-pyrrole nitrogens is 1. The highest BCUT2D eigenvalue weighted by molar-refractivity contribution is 5.84. The molecule has 0 spiro atoms. The molecular formula is C18H21N7O2. The lowest BCUT2D eigenvalue weighted by molar-refractivity contribution is 0.122. The Bertz CT molecular complexity index is 963. The summed E-state index contributed by atoms with van der Waals surface area (Å²) in [7, 11) is 1.65. The molecule has 0 atom stereocenters. The summed E-state index contributed by atoms with van der Waals surface area (Å²) in [6.45, 7) is 5.29. The van der Waals surface area contributed by atoms with Crippen LogP contribution in [0.25, 0.3) is 11.2 Å². The molecule has 9 nitrogen and oxygen atoms in total. The van der Waals surface area contributed by atoms with Crippen molar-refractivity contribution in [2.24, 2.45) is 10.2 Å². The zero-order valence-electron chi connectivity index (χ0n) is 15.3. The maximum atomic E-state index is 5.43. The van der Waals surface area contributed by atoms with Gasteiger partial charge in [-0.25, -0.2) is 4.98 Å². The Morgan fingerprint density at radius 3 is 2.93 bits per heavy atom. The van der Waals surface area contributed by atoms with Crippen LogP contribution >= 0.6 is 0 Å². The number of aromatic amines is 1. The second kappa shape index (κ2) is 7.67. The highest BCUT2D eigenvalue weighted by Crippen LogP contribution is 2.25. The van der Waals surface area contributed by atoms with Crippen LogP contribution in [-0.4, -0.2) is 53.3 Å². The van der Waals surface area contributed by atoms with Gasteiger partial charge in [-0.05, 0) is 13.0 Å². The van der Waals surface area contributed by atoms with E-state index >= 15 is 0 Å². The molecule has 0 radical (unpaired) electrons. The molecule has 3 aromatic rings. The summed E-state index contributed by atoms with van der Waals surface area (Å²) in [5.74, 6) is 1.86. The van der Waals surface area contributed by atoms with Gasteiger partial charge in [0.05, 0.1) is 33.2 Å². The van der Waals surface area contributed by atoms with Gasteiger partial charge in [-0.2, -0.15) is 15.1 Å². The van der Waals surface area contributed by atoms with Crippen LogP contribution in [0.1, 0.15) is 11.1 Å². The average Bonchev–Trinajstić information content (AvgIpc) is 3.17. The van der Waals surface area contributed by atoms with Crippen molar-refractivity contribution >= 4 is 22.9 Å². The Hall–Kier alpha value is -3.07. The number of imidazole rings is 1. The molecule has 0 amide bonds. The van der Waals surface area contributed by atoms with E-state index in [2.05, 4.69) is 35.1 Å². The highest BCUT2D eigenvalue weighted by atomic mass is 16.5. The third-order valence-corrected chi connectivity index (χ3v) is 4.40. The van der Waals surface area contributed by atoms with E-state index in [1.165, 1.54) is 0 Å². The summed E-state index contributed by atoms with van der Waals surface area (Å²) in [6.07, 6.45) is 1.61. The second-order valence-electron chi connectivity index (χ2n) is 6.26. The van der Waals surface area contributed by atoms with Gasteiger partial charge in [0.2, 0.25) is 0 Å². The smallest absolute Gasteiger partial charge is 0.272 e. The number of benzene rings is 1. The fraction of sp³-hybridized carbons (Fsp3) is 0.389. The van der Waals surface area contributed by atoms with E-state index in [0.29, 0.717) is 31.4 Å². The topological polar surface area (TPSA) is 101 Å². The van der Waals surface area contributed by atoms with Crippen molar-refractivity contribution in [1.29, 1.82) is 0 Å². The normalized spacial score (nSPS) is 15.0. The molecular weight excluding hydrogens is 346 g/mol. The molecule has 0 bridgehead atoms. The van der Waals surface area contributed by atoms with Crippen LogP contribution < -0.4 is 9.64 Å². The number of fused-ring (bicyclic) bond motifs is 1. The Morgan fingerprint density at radius 1 is 1.26 bits per heavy atom. The Morgan fingerprint density at radius 2 is 2.11 bits per heavy atom. The first-order chi connectivity index (χ1) is 13.2. The summed E-state index contributed by atoms with van der Waals surface area (Å²) >= 11 is 0. The third kappa shape index (κ3) is 3.72. The Balaban J connectivity index is 1.60. The van der Waals surface area contributed by atoms with E-state index in [1.54, 1.807) is 13.4 Å². The van der Waals surface area contributed by atoms with Gasteiger partial charge < -0.3 is 19.4 Å². The first-order valence-electron chi connectivity index (χ1n) is 8.79. The zero-order valence-corrected chi connectivity index (χ0v) is 15.3. The number of azo groups is 1. The predicted octanol–water partition coefficient (Wildman–Crippen LogP) is 2.79. The second-order valence-corrected chi connectivity index (χ2v) is 6.26. The van der Waals surface area contributed by atoms with Crippen molar-refractivity contribution < 1.29 is 9.47 Å². The van der Waals surface area contributed by atoms with Crippen LogP contribution in [0.15, 0.2) is 34.8 Å². The van der Waals surface area contributed by atoms with E-state index in [4.69, 9.17) is 9.47 Å². The number of methoxy groups -OCH3 is 1. The maximum absolute atomic E-state index is 5.43. The zero-order chi connectivity index (χ0) is 18.6. The van der Waals surface area contributed by atoms with Crippen LogP contribution in [0.3, 0.4) is 0 Å². The molecule has 2 aromatic heterocycles. The minimum Gasteiger partial charge on any atom is -0.496 e. The molecule has 3 heterocycles. The summed E-state index contributed by atoms with van der Waals surface area (Å²) < 4.78 is 10.8. The van der Waals surface area contributed by atoms with Gasteiger partial charge in [-0.1, -0.05) is 17.7 Å². The van der Waals surface area contributed by atoms with E-state index in [-0.39, 0.29) is 0 Å². The number of hydrogen-bond donors (Lipinski definition) is 1. The molecule has 1 aromatic carbocycles. The number of aromatic nitrogens is 4. The summed E-state index contributed by atoms with van der Waals surface area (Å²) in [5, 5.41) is 8.51. The molecule has 140 valence electrons. The molecule has 0 saturated carbocycles. The van der Waals surface area contributed by atoms with Crippen LogP contribution in [0.2, 0.25) is 0 Å². The average molecular weight is 367 g/mol. The SMILES string of the molecule is COc1ccc(C)cc1CN=Nc1nc(N2CCOCC2)c2[nH]cnc2n1.